The summed E-state index contributed by atoms with van der Waals surface area (Å²) in [7, 11) is 0. The van der Waals surface area contributed by atoms with E-state index in [-0.39, 0.29) is 11.9 Å². The van der Waals surface area contributed by atoms with Crippen molar-refractivity contribution in [3.8, 4) is 0 Å². The van der Waals surface area contributed by atoms with Gasteiger partial charge in [-0.25, -0.2) is 0 Å². The van der Waals surface area contributed by atoms with Crippen molar-refractivity contribution in [1.82, 2.24) is 5.32 Å². The van der Waals surface area contributed by atoms with Crippen molar-refractivity contribution >= 4 is 40.9 Å². The van der Waals surface area contributed by atoms with Crippen LogP contribution in [0.15, 0.2) is 36.4 Å². The molecule has 0 fully saturated rings. The topological polar surface area (TPSA) is 29.1 Å². The molecule has 2 nitrogen and oxygen atoms in total. The molecule has 2 aromatic rings. The molecule has 2 aromatic carbocycles. The Morgan fingerprint density at radius 1 is 1.16 bits per heavy atom. The number of aryl methyl sites for hydroxylation is 2. The SMILES string of the molecule is C[C@@H](NC(=O)CSCc1ccc(Cl)cc1Cl)c1ccc2c(c1)CCC2. The Kier molecular flexibility index (Phi) is 6.32. The number of rotatable bonds is 6. The molecule has 0 bridgehead atoms. The van der Waals surface area contributed by atoms with Crippen LogP contribution < -0.4 is 5.32 Å². The zero-order valence-corrected chi connectivity index (χ0v) is 16.5. The third-order valence-electron chi connectivity index (χ3n) is 4.51. The Hall–Kier alpha value is -1.16. The highest BCUT2D eigenvalue weighted by atomic mass is 35.5. The summed E-state index contributed by atoms with van der Waals surface area (Å²) in [4.78, 5) is 12.2. The molecular formula is C20H21Cl2NOS. The minimum Gasteiger partial charge on any atom is -0.349 e. The van der Waals surface area contributed by atoms with Gasteiger partial charge in [0.1, 0.15) is 0 Å². The quantitative estimate of drug-likeness (QED) is 0.692. The molecule has 1 amide bonds. The number of amides is 1. The zero-order chi connectivity index (χ0) is 17.8. The second-order valence-corrected chi connectivity index (χ2v) is 8.23. The highest BCUT2D eigenvalue weighted by Crippen LogP contribution is 2.26. The Bertz CT molecular complexity index is 778. The van der Waals surface area contributed by atoms with Crippen LogP contribution in [0.2, 0.25) is 10.0 Å². The fourth-order valence-corrected chi connectivity index (χ4v) is 4.52. The van der Waals surface area contributed by atoms with E-state index in [1.807, 2.05) is 19.1 Å². The number of thioether (sulfide) groups is 1. The van der Waals surface area contributed by atoms with Crippen LogP contribution in [0.5, 0.6) is 0 Å². The first-order chi connectivity index (χ1) is 12.0. The molecule has 1 aliphatic rings. The molecule has 1 N–H and O–H groups in total. The molecule has 0 heterocycles. The lowest BCUT2D eigenvalue weighted by Crippen LogP contribution is -2.28. The Balaban J connectivity index is 1.48. The fourth-order valence-electron chi connectivity index (χ4n) is 3.12. The highest BCUT2D eigenvalue weighted by Gasteiger charge is 2.15. The van der Waals surface area contributed by atoms with Crippen LogP contribution in [0.3, 0.4) is 0 Å². The molecule has 0 aromatic heterocycles. The maximum Gasteiger partial charge on any atom is 0.230 e. The number of fused-ring (bicyclic) bond motifs is 1. The first-order valence-electron chi connectivity index (χ1n) is 8.45. The standard InChI is InChI=1S/C20H21Cl2NOS/c1-13(15-6-5-14-3-2-4-16(14)9-15)23-20(24)12-25-11-17-7-8-18(21)10-19(17)22/h5-10,13H,2-4,11-12H2,1H3,(H,23,24)/t13-/m1/s1. The predicted octanol–water partition coefficient (Wildman–Crippen LogP) is 5.59. The maximum atomic E-state index is 12.2. The van der Waals surface area contributed by atoms with Gasteiger partial charge < -0.3 is 5.32 Å². The van der Waals surface area contributed by atoms with Crippen LogP contribution in [0, 0.1) is 0 Å². The molecule has 0 unspecified atom stereocenters. The van der Waals surface area contributed by atoms with E-state index in [4.69, 9.17) is 23.2 Å². The summed E-state index contributed by atoms with van der Waals surface area (Å²) < 4.78 is 0. The van der Waals surface area contributed by atoms with Crippen LogP contribution in [0.1, 0.15) is 41.6 Å². The van der Waals surface area contributed by atoms with Gasteiger partial charge in [-0.15, -0.1) is 11.8 Å². The lowest BCUT2D eigenvalue weighted by Gasteiger charge is -2.15. The molecule has 0 spiro atoms. The Morgan fingerprint density at radius 3 is 2.76 bits per heavy atom. The van der Waals surface area contributed by atoms with E-state index in [0.717, 1.165) is 12.0 Å². The first-order valence-corrected chi connectivity index (χ1v) is 10.4. The van der Waals surface area contributed by atoms with Crippen molar-refractivity contribution in [1.29, 1.82) is 0 Å². The predicted molar refractivity (Wildman–Crippen MR) is 108 cm³/mol. The van der Waals surface area contributed by atoms with E-state index in [1.54, 1.807) is 17.8 Å². The van der Waals surface area contributed by atoms with Crippen molar-refractivity contribution < 1.29 is 4.79 Å². The molecule has 5 heteroatoms. The van der Waals surface area contributed by atoms with Crippen molar-refractivity contribution in [3.05, 3.63) is 68.7 Å². The van der Waals surface area contributed by atoms with Crippen molar-refractivity contribution in [3.63, 3.8) is 0 Å². The second kappa shape index (κ2) is 8.48. The third kappa shape index (κ3) is 4.93. The van der Waals surface area contributed by atoms with E-state index in [1.165, 1.54) is 29.5 Å². The lowest BCUT2D eigenvalue weighted by atomic mass is 10.0. The van der Waals surface area contributed by atoms with Crippen LogP contribution >= 0.6 is 35.0 Å². The summed E-state index contributed by atoms with van der Waals surface area (Å²) in [6, 6.07) is 12.1. The molecule has 132 valence electrons. The van der Waals surface area contributed by atoms with Gasteiger partial charge in [-0.1, -0.05) is 47.5 Å². The maximum absolute atomic E-state index is 12.2. The number of hydrogen-bond donors (Lipinski definition) is 1. The van der Waals surface area contributed by atoms with Gasteiger partial charge in [-0.2, -0.15) is 0 Å². The molecular weight excluding hydrogens is 373 g/mol. The number of nitrogens with one attached hydrogen (secondary N) is 1. The van der Waals surface area contributed by atoms with Gasteiger partial charge in [0.2, 0.25) is 5.91 Å². The summed E-state index contributed by atoms with van der Waals surface area (Å²) in [6.07, 6.45) is 3.57. The van der Waals surface area contributed by atoms with Crippen LogP contribution in [0.25, 0.3) is 0 Å². The fraction of sp³-hybridized carbons (Fsp3) is 0.350. The molecule has 0 saturated heterocycles. The van der Waals surface area contributed by atoms with Crippen molar-refractivity contribution in [2.45, 2.75) is 38.0 Å². The molecule has 0 radical (unpaired) electrons. The van der Waals surface area contributed by atoms with E-state index in [2.05, 4.69) is 23.5 Å². The molecule has 3 rings (SSSR count). The first kappa shape index (κ1) is 18.6. The van der Waals surface area contributed by atoms with Gasteiger partial charge in [0.05, 0.1) is 11.8 Å². The van der Waals surface area contributed by atoms with Gasteiger partial charge >= 0.3 is 0 Å². The summed E-state index contributed by atoms with van der Waals surface area (Å²) in [6.45, 7) is 2.04. The van der Waals surface area contributed by atoms with E-state index in [0.29, 0.717) is 21.6 Å². The summed E-state index contributed by atoms with van der Waals surface area (Å²) in [5.41, 5.74) is 5.07. The number of hydrogen-bond acceptors (Lipinski definition) is 2. The summed E-state index contributed by atoms with van der Waals surface area (Å²) >= 11 is 13.6. The molecule has 25 heavy (non-hydrogen) atoms. The van der Waals surface area contributed by atoms with Crippen molar-refractivity contribution in [2.75, 3.05) is 5.75 Å². The largest absolute Gasteiger partial charge is 0.349 e. The number of benzene rings is 2. The molecule has 0 saturated carbocycles. The van der Waals surface area contributed by atoms with Gasteiger partial charge in [0.25, 0.3) is 0 Å². The number of carbonyl (C=O) groups is 1. The van der Waals surface area contributed by atoms with Crippen LogP contribution in [0.4, 0.5) is 0 Å². The number of halogens is 2. The normalized spacial score (nSPS) is 14.2. The minimum atomic E-state index is 0.0260. The van der Waals surface area contributed by atoms with Gasteiger partial charge in [-0.3, -0.25) is 4.79 Å². The third-order valence-corrected chi connectivity index (χ3v) is 6.07. The average Bonchev–Trinajstić information content (AvgIpc) is 3.04. The van der Waals surface area contributed by atoms with Gasteiger partial charge in [-0.05, 0) is 60.6 Å². The second-order valence-electron chi connectivity index (χ2n) is 6.40. The summed E-state index contributed by atoms with van der Waals surface area (Å²) in [5.74, 6) is 1.15. The van der Waals surface area contributed by atoms with E-state index < -0.39 is 0 Å². The molecule has 0 aliphatic heterocycles. The lowest BCUT2D eigenvalue weighted by molar-refractivity contribution is -0.119. The van der Waals surface area contributed by atoms with Gasteiger partial charge in [0, 0.05) is 15.8 Å². The Morgan fingerprint density at radius 2 is 1.96 bits per heavy atom. The van der Waals surface area contributed by atoms with Crippen molar-refractivity contribution in [2.24, 2.45) is 0 Å². The highest BCUT2D eigenvalue weighted by molar-refractivity contribution is 7.99. The van der Waals surface area contributed by atoms with Crippen LogP contribution in [-0.4, -0.2) is 11.7 Å². The molecule has 1 aliphatic carbocycles. The Labute approximate surface area is 163 Å². The number of carbonyl (C=O) groups excluding carboxylic acids is 1. The zero-order valence-electron chi connectivity index (χ0n) is 14.1. The van der Waals surface area contributed by atoms with Gasteiger partial charge in [0.15, 0.2) is 0 Å². The smallest absolute Gasteiger partial charge is 0.230 e. The summed E-state index contributed by atoms with van der Waals surface area (Å²) in [5, 5.41) is 4.35. The molecule has 1 atom stereocenters. The average molecular weight is 394 g/mol. The van der Waals surface area contributed by atoms with E-state index in [9.17, 15) is 4.79 Å². The van der Waals surface area contributed by atoms with E-state index >= 15 is 0 Å². The minimum absolute atomic E-state index is 0.0260. The monoisotopic (exact) mass is 393 g/mol. The van der Waals surface area contributed by atoms with Crippen LogP contribution in [-0.2, 0) is 23.4 Å².